The first-order valence-electron chi connectivity index (χ1n) is 6.57. The van der Waals surface area contributed by atoms with Gasteiger partial charge in [-0.1, -0.05) is 43.6 Å². The van der Waals surface area contributed by atoms with Gasteiger partial charge < -0.3 is 9.26 Å². The highest BCUT2D eigenvalue weighted by molar-refractivity contribution is 5.64. The summed E-state index contributed by atoms with van der Waals surface area (Å²) in [6.07, 6.45) is 1.92. The van der Waals surface area contributed by atoms with Crippen LogP contribution < -0.4 is 4.74 Å². The molecule has 0 fully saturated rings. The van der Waals surface area contributed by atoms with Crippen molar-refractivity contribution in [3.8, 4) is 17.1 Å². The summed E-state index contributed by atoms with van der Waals surface area (Å²) < 4.78 is 10.6. The number of nitrogens with zero attached hydrogens (tertiary/aromatic N) is 2. The Kier molecular flexibility index (Phi) is 3.93. The van der Waals surface area contributed by atoms with Gasteiger partial charge in [-0.2, -0.15) is 4.98 Å². The van der Waals surface area contributed by atoms with Crippen molar-refractivity contribution < 1.29 is 9.26 Å². The van der Waals surface area contributed by atoms with Crippen LogP contribution in [-0.4, -0.2) is 17.3 Å². The van der Waals surface area contributed by atoms with Gasteiger partial charge in [0.15, 0.2) is 0 Å². The Hall–Kier alpha value is -2.10. The first kappa shape index (κ1) is 14.3. The molecular formula is C16H20N2O2. The molecular weight excluding hydrogens is 252 g/mol. The largest absolute Gasteiger partial charge is 0.496 e. The number of methoxy groups -OCH3 is 1. The van der Waals surface area contributed by atoms with Crippen LogP contribution in [0.4, 0.5) is 0 Å². The third kappa shape index (κ3) is 3.07. The van der Waals surface area contributed by atoms with E-state index < -0.39 is 0 Å². The fraction of sp³-hybridized carbons (Fsp3) is 0.375. The minimum atomic E-state index is 0.0824. The maximum absolute atomic E-state index is 5.31. The molecule has 0 N–H and O–H groups in total. The fourth-order valence-corrected chi connectivity index (χ4v) is 1.63. The molecule has 0 radical (unpaired) electrons. The van der Waals surface area contributed by atoms with Gasteiger partial charge in [0.25, 0.3) is 5.89 Å². The highest BCUT2D eigenvalue weighted by atomic mass is 16.5. The van der Waals surface area contributed by atoms with Gasteiger partial charge in [-0.3, -0.25) is 0 Å². The molecule has 0 amide bonds. The van der Waals surface area contributed by atoms with E-state index in [0.717, 1.165) is 11.3 Å². The van der Waals surface area contributed by atoms with Gasteiger partial charge >= 0.3 is 0 Å². The summed E-state index contributed by atoms with van der Waals surface area (Å²) in [5.74, 6) is 1.78. The number of hydrogen-bond acceptors (Lipinski definition) is 4. The molecule has 4 nitrogen and oxygen atoms in total. The molecule has 1 aromatic heterocycles. The van der Waals surface area contributed by atoms with Crippen molar-refractivity contribution in [3.63, 3.8) is 0 Å². The van der Waals surface area contributed by atoms with E-state index >= 15 is 0 Å². The monoisotopic (exact) mass is 272 g/mol. The molecule has 0 spiro atoms. The summed E-state index contributed by atoms with van der Waals surface area (Å²) >= 11 is 0. The smallest absolute Gasteiger partial charge is 0.250 e. The normalized spacial score (nSPS) is 12.6. The van der Waals surface area contributed by atoms with Crippen LogP contribution in [0.3, 0.4) is 0 Å². The fourth-order valence-electron chi connectivity index (χ4n) is 1.63. The number of ether oxygens (including phenoxy) is 1. The van der Waals surface area contributed by atoms with Gasteiger partial charge in [-0.25, -0.2) is 0 Å². The van der Waals surface area contributed by atoms with Crippen molar-refractivity contribution >= 4 is 6.08 Å². The quantitative estimate of drug-likeness (QED) is 0.840. The zero-order valence-corrected chi connectivity index (χ0v) is 12.6. The summed E-state index contributed by atoms with van der Waals surface area (Å²) in [5, 5.41) is 4.02. The van der Waals surface area contributed by atoms with Crippen molar-refractivity contribution in [2.24, 2.45) is 5.41 Å². The highest BCUT2D eigenvalue weighted by Gasteiger charge is 2.15. The van der Waals surface area contributed by atoms with Crippen LogP contribution in [-0.2, 0) is 0 Å². The van der Waals surface area contributed by atoms with E-state index in [1.165, 1.54) is 5.57 Å². The predicted molar refractivity (Wildman–Crippen MR) is 79.4 cm³/mol. The molecule has 0 unspecified atom stereocenters. The summed E-state index contributed by atoms with van der Waals surface area (Å²) in [6.45, 7) is 8.51. The lowest BCUT2D eigenvalue weighted by Gasteiger charge is -2.18. The molecule has 2 aromatic rings. The van der Waals surface area contributed by atoms with Crippen molar-refractivity contribution in [3.05, 3.63) is 35.7 Å². The molecule has 2 rings (SSSR count). The van der Waals surface area contributed by atoms with Crippen molar-refractivity contribution in [1.29, 1.82) is 0 Å². The van der Waals surface area contributed by atoms with Gasteiger partial charge in [0.1, 0.15) is 5.75 Å². The van der Waals surface area contributed by atoms with Crippen LogP contribution in [0.2, 0.25) is 0 Å². The van der Waals surface area contributed by atoms with Crippen LogP contribution in [0.25, 0.3) is 17.5 Å². The number of benzene rings is 1. The average Bonchev–Trinajstić information content (AvgIpc) is 2.86. The van der Waals surface area contributed by atoms with Gasteiger partial charge in [0, 0.05) is 6.08 Å². The second kappa shape index (κ2) is 5.49. The van der Waals surface area contributed by atoms with Crippen LogP contribution >= 0.6 is 0 Å². The van der Waals surface area contributed by atoms with E-state index in [0.29, 0.717) is 11.7 Å². The minimum Gasteiger partial charge on any atom is -0.496 e. The molecule has 0 saturated heterocycles. The van der Waals surface area contributed by atoms with E-state index in [1.807, 2.05) is 30.3 Å². The third-order valence-corrected chi connectivity index (χ3v) is 3.31. The highest BCUT2D eigenvalue weighted by Crippen LogP contribution is 2.29. The SMILES string of the molecule is COc1ccccc1-c1noc(/C=C(\C)C(C)(C)C)n1. The summed E-state index contributed by atoms with van der Waals surface area (Å²) in [6, 6.07) is 7.62. The second-order valence-corrected chi connectivity index (χ2v) is 5.73. The average molecular weight is 272 g/mol. The summed E-state index contributed by atoms with van der Waals surface area (Å²) in [7, 11) is 1.63. The lowest BCUT2D eigenvalue weighted by atomic mass is 9.87. The molecule has 1 heterocycles. The lowest BCUT2D eigenvalue weighted by molar-refractivity contribution is 0.405. The maximum Gasteiger partial charge on any atom is 0.250 e. The first-order chi connectivity index (χ1) is 9.41. The molecule has 1 aromatic carbocycles. The standard InChI is InChI=1S/C16H20N2O2/c1-11(16(2,3)4)10-14-17-15(18-20-14)12-8-6-7-9-13(12)19-5/h6-10H,1-5H3/b11-10+. The van der Waals surface area contributed by atoms with E-state index in [4.69, 9.17) is 9.26 Å². The van der Waals surface area contributed by atoms with Gasteiger partial charge in [-0.05, 0) is 24.5 Å². The topological polar surface area (TPSA) is 48.2 Å². The van der Waals surface area contributed by atoms with E-state index in [2.05, 4.69) is 37.8 Å². The Morgan fingerprint density at radius 1 is 1.25 bits per heavy atom. The van der Waals surface area contributed by atoms with Crippen molar-refractivity contribution in [1.82, 2.24) is 10.1 Å². The minimum absolute atomic E-state index is 0.0824. The predicted octanol–water partition coefficient (Wildman–Crippen LogP) is 4.19. The van der Waals surface area contributed by atoms with E-state index in [-0.39, 0.29) is 5.41 Å². The number of aromatic nitrogens is 2. The van der Waals surface area contributed by atoms with Gasteiger partial charge in [-0.15, -0.1) is 0 Å². The van der Waals surface area contributed by atoms with Crippen LogP contribution in [0.15, 0.2) is 34.4 Å². The second-order valence-electron chi connectivity index (χ2n) is 5.73. The van der Waals surface area contributed by atoms with Crippen molar-refractivity contribution in [2.45, 2.75) is 27.7 Å². The number of rotatable bonds is 3. The molecule has 0 aliphatic heterocycles. The molecule has 0 saturated carbocycles. The van der Waals surface area contributed by atoms with E-state index in [9.17, 15) is 0 Å². The molecule has 4 heteroatoms. The Bertz CT molecular complexity index is 621. The third-order valence-electron chi connectivity index (χ3n) is 3.31. The lowest BCUT2D eigenvalue weighted by Crippen LogP contribution is -2.05. The first-order valence-corrected chi connectivity index (χ1v) is 6.57. The number of para-hydroxylation sites is 1. The molecule has 0 bridgehead atoms. The Labute approximate surface area is 119 Å². The van der Waals surface area contributed by atoms with Crippen molar-refractivity contribution in [2.75, 3.05) is 7.11 Å². The van der Waals surface area contributed by atoms with Crippen LogP contribution in [0.1, 0.15) is 33.6 Å². The molecule has 106 valence electrons. The van der Waals surface area contributed by atoms with E-state index in [1.54, 1.807) is 7.11 Å². The Balaban J connectivity index is 2.35. The summed E-state index contributed by atoms with van der Waals surface area (Å²) in [4.78, 5) is 4.41. The van der Waals surface area contributed by atoms with Crippen LogP contribution in [0, 0.1) is 5.41 Å². The summed E-state index contributed by atoms with van der Waals surface area (Å²) in [5.41, 5.74) is 2.10. The van der Waals surface area contributed by atoms with Gasteiger partial charge in [0.05, 0.1) is 12.7 Å². The molecule has 0 aliphatic rings. The Morgan fingerprint density at radius 2 is 1.95 bits per heavy atom. The zero-order chi connectivity index (χ0) is 14.8. The van der Waals surface area contributed by atoms with Crippen LogP contribution in [0.5, 0.6) is 5.75 Å². The molecule has 20 heavy (non-hydrogen) atoms. The molecule has 0 atom stereocenters. The number of allylic oxidation sites excluding steroid dienone is 1. The Morgan fingerprint density at radius 3 is 2.60 bits per heavy atom. The molecule has 0 aliphatic carbocycles. The zero-order valence-electron chi connectivity index (χ0n) is 12.6. The maximum atomic E-state index is 5.31. The van der Waals surface area contributed by atoms with Gasteiger partial charge in [0.2, 0.25) is 5.82 Å². The number of hydrogen-bond donors (Lipinski definition) is 0.